The minimum absolute atomic E-state index is 0.0278. The number of fused-ring (bicyclic) bond motifs is 2. The minimum atomic E-state index is -4.72. The summed E-state index contributed by atoms with van der Waals surface area (Å²) in [7, 11) is -8.22. The van der Waals surface area contributed by atoms with Crippen LogP contribution in [0.25, 0.3) is 33.3 Å². The maximum atomic E-state index is 15.7. The molecule has 2 saturated heterocycles. The zero-order chi connectivity index (χ0) is 48.2. The van der Waals surface area contributed by atoms with Crippen LogP contribution in [0.15, 0.2) is 95.7 Å². The number of pyridine rings is 1. The van der Waals surface area contributed by atoms with E-state index >= 15 is 4.39 Å². The van der Waals surface area contributed by atoms with Gasteiger partial charge in [0.2, 0.25) is 10.0 Å². The number of piperazine rings is 1. The Morgan fingerprint density at radius 3 is 2.38 bits per heavy atom. The molecule has 0 unspecified atom stereocenters. The van der Waals surface area contributed by atoms with Gasteiger partial charge in [-0.05, 0) is 103 Å². The summed E-state index contributed by atoms with van der Waals surface area (Å²) in [6.07, 6.45) is 7.23. The van der Waals surface area contributed by atoms with E-state index in [0.29, 0.717) is 40.5 Å². The third-order valence-corrected chi connectivity index (χ3v) is 16.3. The van der Waals surface area contributed by atoms with Gasteiger partial charge in [-0.3, -0.25) is 19.8 Å². The molecule has 68 heavy (non-hydrogen) atoms. The predicted molar refractivity (Wildman–Crippen MR) is 261 cm³/mol. The van der Waals surface area contributed by atoms with Crippen LogP contribution in [-0.4, -0.2) is 121 Å². The van der Waals surface area contributed by atoms with Crippen molar-refractivity contribution in [2.75, 3.05) is 68.8 Å². The molecule has 3 aromatic carbocycles. The average Bonchev–Trinajstić information content (AvgIpc) is 3.94. The number of piperidine rings is 1. The van der Waals surface area contributed by atoms with Crippen LogP contribution in [0.4, 0.5) is 21.5 Å². The number of aromatic nitrogens is 4. The average molecular weight is 988 g/mol. The molecule has 6 aromatic rings. The Hall–Kier alpha value is -5.93. The highest BCUT2D eigenvalue weighted by atomic mass is 35.5. The van der Waals surface area contributed by atoms with Gasteiger partial charge in [-0.1, -0.05) is 43.2 Å². The van der Waals surface area contributed by atoms with E-state index in [2.05, 4.69) is 60.9 Å². The first-order chi connectivity index (χ1) is 32.2. The van der Waals surface area contributed by atoms with Crippen molar-refractivity contribution in [3.8, 4) is 5.69 Å². The monoisotopic (exact) mass is 986 g/mol. The van der Waals surface area contributed by atoms with Gasteiger partial charge in [0.25, 0.3) is 21.6 Å². The topological polar surface area (TPSA) is 209 Å². The number of hydrogen-bond acceptors (Lipinski definition) is 12. The molecule has 5 heterocycles. The lowest BCUT2D eigenvalue weighted by atomic mass is 9.72. The molecule has 358 valence electrons. The molecule has 21 heteroatoms. The van der Waals surface area contributed by atoms with Crippen LogP contribution in [0.1, 0.15) is 61.9 Å². The van der Waals surface area contributed by atoms with Gasteiger partial charge in [0, 0.05) is 80.7 Å². The van der Waals surface area contributed by atoms with Gasteiger partial charge >= 0.3 is 0 Å². The maximum Gasteiger partial charge on any atom is 0.293 e. The Balaban J connectivity index is 0.957. The third-order valence-electron chi connectivity index (χ3n) is 13.4. The Labute approximate surface area is 398 Å². The number of amides is 1. The number of halogens is 2. The number of rotatable bonds is 13. The molecule has 0 radical (unpaired) electrons. The maximum absolute atomic E-state index is 15.7. The number of carbonyl (C=O) groups excluding carboxylic acids is 1. The predicted octanol–water partition coefficient (Wildman–Crippen LogP) is 7.54. The molecule has 3 aromatic heterocycles. The number of nitrogens with zero attached hydrogens (tertiary/aromatic N) is 7. The van der Waals surface area contributed by atoms with Crippen molar-refractivity contribution < 1.29 is 30.9 Å². The molecule has 3 aliphatic rings. The number of carbonyl (C=O) groups is 1. The van der Waals surface area contributed by atoms with E-state index < -0.39 is 47.1 Å². The van der Waals surface area contributed by atoms with Gasteiger partial charge in [0.1, 0.15) is 22.5 Å². The quantitative estimate of drug-likeness (QED) is 0.0758. The van der Waals surface area contributed by atoms with Crippen LogP contribution in [0.3, 0.4) is 0 Å². The number of alkyl halides is 1. The van der Waals surface area contributed by atoms with Crippen LogP contribution in [-0.2, 0) is 20.0 Å². The van der Waals surface area contributed by atoms with E-state index in [4.69, 9.17) is 11.6 Å². The molecule has 1 amide bonds. The van der Waals surface area contributed by atoms with E-state index in [0.717, 1.165) is 74.4 Å². The highest BCUT2D eigenvalue weighted by Gasteiger charge is 2.38. The third kappa shape index (κ3) is 9.96. The van der Waals surface area contributed by atoms with Crippen molar-refractivity contribution in [3.63, 3.8) is 0 Å². The number of allylic oxidation sites excluding steroid dienone is 1. The zero-order valence-electron chi connectivity index (χ0n) is 37.8. The SMILES string of the molecule is CC1(C)CCC(CN2CCN(c3ccc(C(=O)NS(=O)(=O)c4ccc(NCC5(F)CCN(S(C)(=O)=O)CC5)c([N+](=O)[O-])c4)c(-n4ncc5nc6[nH]ccc6cc54)c3)CC2)=C(c2ccc(Cl)cc2)C1. The van der Waals surface area contributed by atoms with Crippen molar-refractivity contribution in [2.45, 2.75) is 56.5 Å². The van der Waals surface area contributed by atoms with Crippen LogP contribution in [0.2, 0.25) is 5.02 Å². The Kier molecular flexibility index (Phi) is 12.6. The van der Waals surface area contributed by atoms with Gasteiger partial charge < -0.3 is 15.2 Å². The molecule has 2 fully saturated rings. The fourth-order valence-corrected chi connectivity index (χ4v) is 11.4. The number of nitrogens with one attached hydrogen (secondary N) is 3. The summed E-state index contributed by atoms with van der Waals surface area (Å²) < 4.78 is 72.1. The van der Waals surface area contributed by atoms with Crippen molar-refractivity contribution in [3.05, 3.63) is 117 Å². The normalized spacial score (nSPS) is 18.3. The molecular weight excluding hydrogens is 935 g/mol. The first-order valence-electron chi connectivity index (χ1n) is 22.4. The zero-order valence-corrected chi connectivity index (χ0v) is 40.2. The lowest BCUT2D eigenvalue weighted by Crippen LogP contribution is -2.47. The van der Waals surface area contributed by atoms with Crippen LogP contribution >= 0.6 is 11.6 Å². The molecule has 1 aliphatic carbocycles. The second-order valence-corrected chi connectivity index (χ2v) is 22.9. The van der Waals surface area contributed by atoms with Crippen molar-refractivity contribution in [2.24, 2.45) is 5.41 Å². The Morgan fingerprint density at radius 2 is 1.68 bits per heavy atom. The van der Waals surface area contributed by atoms with E-state index in [1.807, 2.05) is 30.3 Å². The van der Waals surface area contributed by atoms with Gasteiger partial charge in [-0.25, -0.2) is 39.9 Å². The number of hydrogen-bond donors (Lipinski definition) is 3. The van der Waals surface area contributed by atoms with Crippen molar-refractivity contribution in [1.82, 2.24) is 33.7 Å². The van der Waals surface area contributed by atoms with Crippen molar-refractivity contribution in [1.29, 1.82) is 0 Å². The van der Waals surface area contributed by atoms with Crippen LogP contribution in [0, 0.1) is 15.5 Å². The number of benzene rings is 3. The number of nitro groups is 1. The number of sulfonamides is 2. The number of nitro benzene ring substituents is 1. The standard InChI is InChI=1S/C47H52ClFN10O7S2/c1-46(2)14-12-33(38(27-46)31-4-6-34(48)7-5-31)29-55-20-22-56(23-21-55)35-8-10-37(41(25-35)58-42-24-32-13-17-50-44(32)53-40(42)28-52-58)45(60)54-68(65,66)36-9-11-39(43(26-36)59(61)62)51-30-47(49)15-18-57(19-16-47)67(3,63)64/h4-11,13,17,24-26,28,51H,12,14-16,18-23,27,29-30H2,1-3H3,(H,50,53)(H,54,60). The smallest absolute Gasteiger partial charge is 0.293 e. The molecule has 17 nitrogen and oxygen atoms in total. The summed E-state index contributed by atoms with van der Waals surface area (Å²) in [5.41, 5.74) is 4.40. The molecule has 0 atom stereocenters. The van der Waals surface area contributed by atoms with E-state index in [1.54, 1.807) is 29.2 Å². The first-order valence-corrected chi connectivity index (χ1v) is 26.1. The van der Waals surface area contributed by atoms with Gasteiger partial charge in [0.15, 0.2) is 0 Å². The molecule has 3 N–H and O–H groups in total. The van der Waals surface area contributed by atoms with Crippen LogP contribution < -0.4 is 14.9 Å². The number of H-pyrrole nitrogens is 1. The molecule has 0 saturated carbocycles. The van der Waals surface area contributed by atoms with E-state index in [1.165, 1.54) is 21.0 Å². The molecule has 0 spiro atoms. The Morgan fingerprint density at radius 1 is 0.941 bits per heavy atom. The molecular formula is C47H52ClFN10O7S2. The first kappa shape index (κ1) is 47.1. The van der Waals surface area contributed by atoms with Gasteiger partial charge in [-0.15, -0.1) is 0 Å². The van der Waals surface area contributed by atoms with Gasteiger partial charge in [0.05, 0.1) is 39.0 Å². The fourth-order valence-electron chi connectivity index (χ4n) is 9.46. The summed E-state index contributed by atoms with van der Waals surface area (Å²) in [6, 6.07) is 20.0. The summed E-state index contributed by atoms with van der Waals surface area (Å²) in [6.45, 7) is 7.98. The Bertz CT molecular complexity index is 3200. The number of anilines is 2. The van der Waals surface area contributed by atoms with Gasteiger partial charge in [-0.2, -0.15) is 5.10 Å². The van der Waals surface area contributed by atoms with Crippen LogP contribution in [0.5, 0.6) is 0 Å². The molecule has 0 bridgehead atoms. The van der Waals surface area contributed by atoms with E-state index in [9.17, 15) is 31.7 Å². The lowest BCUT2D eigenvalue weighted by molar-refractivity contribution is -0.384. The highest BCUT2D eigenvalue weighted by molar-refractivity contribution is 7.90. The summed E-state index contributed by atoms with van der Waals surface area (Å²) in [5.74, 6) is -0.999. The summed E-state index contributed by atoms with van der Waals surface area (Å²) in [4.78, 5) is 37.6. The van der Waals surface area contributed by atoms with E-state index in [-0.39, 0.29) is 49.1 Å². The highest BCUT2D eigenvalue weighted by Crippen LogP contribution is 2.43. The summed E-state index contributed by atoms with van der Waals surface area (Å²) in [5, 5.41) is 21.1. The number of aromatic amines is 1. The second-order valence-electron chi connectivity index (χ2n) is 18.8. The largest absolute Gasteiger partial charge is 0.376 e. The molecule has 2 aliphatic heterocycles. The summed E-state index contributed by atoms with van der Waals surface area (Å²) >= 11 is 6.25. The fraction of sp³-hybridized carbons (Fsp3) is 0.383. The van der Waals surface area contributed by atoms with Crippen molar-refractivity contribution >= 4 is 82.3 Å². The molecule has 9 rings (SSSR count). The second kappa shape index (κ2) is 18.2. The lowest BCUT2D eigenvalue weighted by Gasteiger charge is -2.39. The minimum Gasteiger partial charge on any atom is -0.376 e.